The van der Waals surface area contributed by atoms with E-state index in [-0.39, 0.29) is 36.4 Å². The van der Waals surface area contributed by atoms with Crippen LogP contribution in [0.3, 0.4) is 0 Å². The number of nitrogens with one attached hydrogen (secondary N) is 2. The van der Waals surface area contributed by atoms with Gasteiger partial charge in [0.2, 0.25) is 0 Å². The first-order valence-corrected chi connectivity index (χ1v) is 8.88. The summed E-state index contributed by atoms with van der Waals surface area (Å²) in [5.41, 5.74) is 1.94. The van der Waals surface area contributed by atoms with Crippen molar-refractivity contribution in [2.24, 2.45) is 0 Å². The number of aromatic hydroxyl groups is 1. The van der Waals surface area contributed by atoms with E-state index in [0.29, 0.717) is 17.9 Å². The maximum Gasteiger partial charge on any atom is 0.262 e. The molecule has 1 amide bonds. The molecule has 1 heterocycles. The first kappa shape index (κ1) is 21.8. The second kappa shape index (κ2) is 10.2. The number of fused-ring (bicyclic) bond motifs is 1. The molecule has 1 aliphatic rings. The highest BCUT2D eigenvalue weighted by molar-refractivity contribution is 5.97. The highest BCUT2D eigenvalue weighted by Crippen LogP contribution is 2.41. The van der Waals surface area contributed by atoms with Crippen LogP contribution >= 0.6 is 12.4 Å². The summed E-state index contributed by atoms with van der Waals surface area (Å²) in [5, 5.41) is 26.1. The molecule has 28 heavy (non-hydrogen) atoms. The van der Waals surface area contributed by atoms with Crippen molar-refractivity contribution in [3.8, 4) is 17.2 Å². The summed E-state index contributed by atoms with van der Waals surface area (Å²) in [6, 6.07) is 11.0. The van der Waals surface area contributed by atoms with Gasteiger partial charge in [-0.15, -0.1) is 12.4 Å². The third-order valence-corrected chi connectivity index (χ3v) is 4.43. The molecule has 0 radical (unpaired) electrons. The van der Waals surface area contributed by atoms with E-state index in [0.717, 1.165) is 25.1 Å². The standard InChI is InChI=1S/C20H24N2O5.ClH/c1-26-14-6-2-4-13(10-14)5-3-9-21-11-17(24)15-7-8-16(23)19-20(15)27-12-18(25)22-19;/h2,4,6-8,10,17,21,23-24H,3,5,9,11-12H2,1H3,(H,22,25);1H. The van der Waals surface area contributed by atoms with Gasteiger partial charge < -0.3 is 30.3 Å². The number of amides is 1. The molecule has 0 aromatic heterocycles. The Labute approximate surface area is 170 Å². The maximum atomic E-state index is 11.4. The molecule has 0 fully saturated rings. The van der Waals surface area contributed by atoms with Crippen LogP contribution in [0.15, 0.2) is 36.4 Å². The van der Waals surface area contributed by atoms with E-state index in [2.05, 4.69) is 16.7 Å². The quantitative estimate of drug-likeness (QED) is 0.395. The molecule has 2 aromatic carbocycles. The van der Waals surface area contributed by atoms with E-state index >= 15 is 0 Å². The van der Waals surface area contributed by atoms with E-state index in [1.807, 2.05) is 18.2 Å². The van der Waals surface area contributed by atoms with Crippen molar-refractivity contribution >= 4 is 24.0 Å². The number of hydrogen-bond acceptors (Lipinski definition) is 6. The van der Waals surface area contributed by atoms with Crippen molar-refractivity contribution in [3.63, 3.8) is 0 Å². The summed E-state index contributed by atoms with van der Waals surface area (Å²) in [5.74, 6) is 0.751. The number of methoxy groups -OCH3 is 1. The van der Waals surface area contributed by atoms with Crippen LogP contribution in [-0.2, 0) is 11.2 Å². The van der Waals surface area contributed by atoms with Gasteiger partial charge in [-0.25, -0.2) is 0 Å². The molecule has 1 aliphatic heterocycles. The Morgan fingerprint density at radius 3 is 2.93 bits per heavy atom. The van der Waals surface area contributed by atoms with Gasteiger partial charge >= 0.3 is 0 Å². The fourth-order valence-corrected chi connectivity index (χ4v) is 3.03. The molecule has 3 rings (SSSR count). The molecular formula is C20H25ClN2O5. The van der Waals surface area contributed by atoms with Gasteiger partial charge in [0.25, 0.3) is 5.91 Å². The van der Waals surface area contributed by atoms with Crippen LogP contribution in [0.25, 0.3) is 0 Å². The minimum atomic E-state index is -0.814. The maximum absolute atomic E-state index is 11.4. The van der Waals surface area contributed by atoms with Crippen LogP contribution in [0, 0.1) is 0 Å². The Kier molecular flexibility index (Phi) is 7.92. The molecule has 8 heteroatoms. The van der Waals surface area contributed by atoms with E-state index in [4.69, 9.17) is 9.47 Å². The Morgan fingerprint density at radius 1 is 1.32 bits per heavy atom. The predicted molar refractivity (Wildman–Crippen MR) is 109 cm³/mol. The van der Waals surface area contributed by atoms with Crippen molar-refractivity contribution in [1.82, 2.24) is 5.32 Å². The van der Waals surface area contributed by atoms with Gasteiger partial charge in [0, 0.05) is 12.1 Å². The molecular weight excluding hydrogens is 384 g/mol. The van der Waals surface area contributed by atoms with Crippen LogP contribution < -0.4 is 20.1 Å². The summed E-state index contributed by atoms with van der Waals surface area (Å²) < 4.78 is 10.6. The van der Waals surface area contributed by atoms with Crippen LogP contribution in [0.1, 0.15) is 23.7 Å². The molecule has 152 valence electrons. The third-order valence-electron chi connectivity index (χ3n) is 4.43. The number of ether oxygens (including phenoxy) is 2. The minimum Gasteiger partial charge on any atom is -0.506 e. The lowest BCUT2D eigenvalue weighted by Gasteiger charge is -2.23. The highest BCUT2D eigenvalue weighted by Gasteiger charge is 2.25. The number of phenolic OH excluding ortho intramolecular Hbond substituents is 1. The molecule has 1 unspecified atom stereocenters. The number of benzene rings is 2. The molecule has 0 saturated heterocycles. The number of carbonyl (C=O) groups is 1. The van der Waals surface area contributed by atoms with Gasteiger partial charge in [0.05, 0.1) is 13.2 Å². The topological polar surface area (TPSA) is 100 Å². The largest absolute Gasteiger partial charge is 0.506 e. The predicted octanol–water partition coefficient (Wildman–Crippen LogP) is 2.41. The number of halogens is 1. The fourth-order valence-electron chi connectivity index (χ4n) is 3.03. The monoisotopic (exact) mass is 408 g/mol. The Hall–Kier alpha value is -2.48. The summed E-state index contributed by atoms with van der Waals surface area (Å²) in [7, 11) is 1.65. The summed E-state index contributed by atoms with van der Waals surface area (Å²) in [6.45, 7) is 0.947. The summed E-state index contributed by atoms with van der Waals surface area (Å²) in [6.07, 6.45) is 1.01. The minimum absolute atomic E-state index is 0. The SMILES string of the molecule is COc1cccc(CCCNCC(O)c2ccc(O)c3c2OCC(=O)N3)c1.Cl. The van der Waals surface area contributed by atoms with E-state index < -0.39 is 6.10 Å². The van der Waals surface area contributed by atoms with Crippen LogP contribution in [0.5, 0.6) is 17.2 Å². The normalized spacial score (nSPS) is 13.6. The number of aryl methyl sites for hydroxylation is 1. The average Bonchev–Trinajstić information content (AvgIpc) is 2.68. The molecule has 2 aromatic rings. The van der Waals surface area contributed by atoms with Gasteiger partial charge in [-0.3, -0.25) is 4.79 Å². The molecule has 7 nitrogen and oxygen atoms in total. The van der Waals surface area contributed by atoms with Crippen molar-refractivity contribution in [1.29, 1.82) is 0 Å². The zero-order valence-electron chi connectivity index (χ0n) is 15.6. The first-order chi connectivity index (χ1) is 13.1. The molecule has 4 N–H and O–H groups in total. The first-order valence-electron chi connectivity index (χ1n) is 8.88. The van der Waals surface area contributed by atoms with Crippen LogP contribution in [-0.4, -0.2) is 42.9 Å². The van der Waals surface area contributed by atoms with E-state index in [9.17, 15) is 15.0 Å². The highest BCUT2D eigenvalue weighted by atomic mass is 35.5. The molecule has 0 bridgehead atoms. The lowest BCUT2D eigenvalue weighted by Crippen LogP contribution is -2.28. The Bertz CT molecular complexity index is 815. The molecule has 0 saturated carbocycles. The third kappa shape index (κ3) is 5.28. The summed E-state index contributed by atoms with van der Waals surface area (Å²) >= 11 is 0. The second-order valence-electron chi connectivity index (χ2n) is 6.39. The zero-order valence-corrected chi connectivity index (χ0v) is 16.4. The van der Waals surface area contributed by atoms with Crippen LogP contribution in [0.2, 0.25) is 0 Å². The van der Waals surface area contributed by atoms with Gasteiger partial charge in [0.15, 0.2) is 12.4 Å². The Balaban J connectivity index is 0.00000280. The van der Waals surface area contributed by atoms with Crippen molar-refractivity contribution in [3.05, 3.63) is 47.5 Å². The van der Waals surface area contributed by atoms with E-state index in [1.165, 1.54) is 11.6 Å². The molecule has 1 atom stereocenters. The van der Waals surface area contributed by atoms with Gasteiger partial charge in [-0.05, 0) is 49.2 Å². The average molecular weight is 409 g/mol. The van der Waals surface area contributed by atoms with Gasteiger partial charge in [-0.1, -0.05) is 12.1 Å². The van der Waals surface area contributed by atoms with Gasteiger partial charge in [-0.2, -0.15) is 0 Å². The lowest BCUT2D eigenvalue weighted by molar-refractivity contribution is -0.118. The lowest BCUT2D eigenvalue weighted by atomic mass is 10.0. The number of carbonyl (C=O) groups excluding carboxylic acids is 1. The molecule has 0 spiro atoms. The fraction of sp³-hybridized carbons (Fsp3) is 0.350. The number of phenols is 1. The number of rotatable bonds is 8. The smallest absolute Gasteiger partial charge is 0.262 e. The summed E-state index contributed by atoms with van der Waals surface area (Å²) in [4.78, 5) is 11.4. The van der Waals surface area contributed by atoms with Crippen molar-refractivity contribution in [2.75, 3.05) is 32.1 Å². The van der Waals surface area contributed by atoms with Crippen molar-refractivity contribution < 1.29 is 24.5 Å². The van der Waals surface area contributed by atoms with Gasteiger partial charge in [0.1, 0.15) is 17.2 Å². The van der Waals surface area contributed by atoms with E-state index in [1.54, 1.807) is 13.2 Å². The number of aliphatic hydroxyl groups is 1. The second-order valence-corrected chi connectivity index (χ2v) is 6.39. The number of hydrogen-bond donors (Lipinski definition) is 4. The Morgan fingerprint density at radius 2 is 2.14 bits per heavy atom. The zero-order chi connectivity index (χ0) is 19.2. The van der Waals surface area contributed by atoms with Crippen LogP contribution in [0.4, 0.5) is 5.69 Å². The number of anilines is 1. The van der Waals surface area contributed by atoms with Crippen molar-refractivity contribution in [2.45, 2.75) is 18.9 Å². The molecule has 0 aliphatic carbocycles. The number of aliphatic hydroxyl groups excluding tert-OH is 1.